The topological polar surface area (TPSA) is 81.7 Å². The van der Waals surface area contributed by atoms with Gasteiger partial charge in [-0.2, -0.15) is 0 Å². The highest BCUT2D eigenvalue weighted by atomic mass is 16.4. The zero-order valence-corrected chi connectivity index (χ0v) is 13.2. The molecule has 0 radical (unpaired) electrons. The van der Waals surface area contributed by atoms with Crippen molar-refractivity contribution in [3.05, 3.63) is 0 Å². The summed E-state index contributed by atoms with van der Waals surface area (Å²) >= 11 is 0. The van der Waals surface area contributed by atoms with Gasteiger partial charge in [-0.25, -0.2) is 4.79 Å². The number of rotatable bonds is 4. The summed E-state index contributed by atoms with van der Waals surface area (Å²) < 4.78 is 0. The first-order valence-electron chi connectivity index (χ1n) is 7.77. The van der Waals surface area contributed by atoms with E-state index in [1.54, 1.807) is 0 Å². The highest BCUT2D eigenvalue weighted by Gasteiger charge is 2.36. The number of nitrogens with zero attached hydrogens (tertiary/aromatic N) is 1. The van der Waals surface area contributed by atoms with Gasteiger partial charge in [0.1, 0.15) is 0 Å². The largest absolute Gasteiger partial charge is 0.481 e. The third kappa shape index (κ3) is 4.33. The van der Waals surface area contributed by atoms with Gasteiger partial charge >= 0.3 is 12.0 Å². The molecule has 3 N–H and O–H groups in total. The van der Waals surface area contributed by atoms with Crippen molar-refractivity contribution in [2.45, 2.75) is 52.1 Å². The molecule has 2 bridgehead atoms. The SMILES string of the molecule is CC(C)(C)C(CC(=O)O)NC(=O)NC1CN2CCC1CC2. The minimum Gasteiger partial charge on any atom is -0.481 e. The molecule has 0 aliphatic carbocycles. The van der Waals surface area contributed by atoms with Crippen LogP contribution in [-0.2, 0) is 4.79 Å². The minimum atomic E-state index is -0.891. The third-order valence-electron chi connectivity index (χ3n) is 4.70. The van der Waals surface area contributed by atoms with Crippen molar-refractivity contribution in [2.24, 2.45) is 11.3 Å². The first kappa shape index (κ1) is 16.1. The number of amides is 2. The Morgan fingerprint density at radius 2 is 1.90 bits per heavy atom. The Hall–Kier alpha value is -1.30. The molecule has 0 aromatic carbocycles. The van der Waals surface area contributed by atoms with Gasteiger partial charge in [0, 0.05) is 18.6 Å². The second-order valence-electron chi connectivity index (χ2n) is 7.38. The van der Waals surface area contributed by atoms with Crippen LogP contribution in [0, 0.1) is 11.3 Å². The van der Waals surface area contributed by atoms with Gasteiger partial charge in [-0.15, -0.1) is 0 Å². The van der Waals surface area contributed by atoms with Gasteiger partial charge in [0.15, 0.2) is 0 Å². The molecule has 0 aromatic rings. The summed E-state index contributed by atoms with van der Waals surface area (Å²) in [7, 11) is 0. The zero-order chi connectivity index (χ0) is 15.6. The Morgan fingerprint density at radius 1 is 1.29 bits per heavy atom. The van der Waals surface area contributed by atoms with Gasteiger partial charge in [-0.1, -0.05) is 20.8 Å². The molecule has 0 spiro atoms. The van der Waals surface area contributed by atoms with Gasteiger partial charge in [0.25, 0.3) is 0 Å². The molecule has 2 atom stereocenters. The predicted octanol–water partition coefficient (Wildman–Crippen LogP) is 1.27. The number of urea groups is 1. The molecular weight excluding hydrogens is 270 g/mol. The molecule has 3 saturated heterocycles. The molecule has 2 amide bonds. The first-order chi connectivity index (χ1) is 9.75. The van der Waals surface area contributed by atoms with Crippen molar-refractivity contribution >= 4 is 12.0 Å². The standard InChI is InChI=1S/C15H27N3O3/c1-15(2,3)12(8-13(19)20)17-14(21)16-11-9-18-6-4-10(11)5-7-18/h10-12H,4-9H2,1-3H3,(H,19,20)(H2,16,17,21). The van der Waals surface area contributed by atoms with Crippen molar-refractivity contribution in [2.75, 3.05) is 19.6 Å². The van der Waals surface area contributed by atoms with E-state index in [4.69, 9.17) is 5.11 Å². The number of hydrogen-bond donors (Lipinski definition) is 3. The van der Waals surface area contributed by atoms with Crippen LogP contribution in [0.1, 0.15) is 40.0 Å². The Labute approximate surface area is 126 Å². The summed E-state index contributed by atoms with van der Waals surface area (Å²) in [5.74, 6) is -0.327. The number of carboxylic acids is 1. The van der Waals surface area contributed by atoms with E-state index < -0.39 is 5.97 Å². The number of nitrogens with one attached hydrogen (secondary N) is 2. The zero-order valence-electron chi connectivity index (χ0n) is 13.2. The lowest BCUT2D eigenvalue weighted by Crippen LogP contribution is -2.60. The van der Waals surface area contributed by atoms with E-state index in [2.05, 4.69) is 15.5 Å². The molecule has 3 aliphatic heterocycles. The average molecular weight is 297 g/mol. The van der Waals surface area contributed by atoms with Crippen LogP contribution in [-0.4, -0.2) is 53.7 Å². The molecule has 3 aliphatic rings. The normalized spacial score (nSPS) is 29.8. The van der Waals surface area contributed by atoms with Gasteiger partial charge < -0.3 is 20.6 Å². The number of aliphatic carboxylic acids is 1. The van der Waals surface area contributed by atoms with Crippen molar-refractivity contribution in [1.29, 1.82) is 0 Å². The van der Waals surface area contributed by atoms with Gasteiger partial charge in [0.05, 0.1) is 6.42 Å². The maximum absolute atomic E-state index is 12.2. The minimum absolute atomic E-state index is 0.0584. The highest BCUT2D eigenvalue weighted by Crippen LogP contribution is 2.27. The summed E-state index contributed by atoms with van der Waals surface area (Å²) in [4.78, 5) is 25.5. The number of carbonyl (C=O) groups excluding carboxylic acids is 1. The molecular formula is C15H27N3O3. The van der Waals surface area contributed by atoms with Crippen LogP contribution in [0.5, 0.6) is 0 Å². The maximum Gasteiger partial charge on any atom is 0.315 e. The fourth-order valence-corrected chi connectivity index (χ4v) is 3.25. The smallest absolute Gasteiger partial charge is 0.315 e. The molecule has 21 heavy (non-hydrogen) atoms. The molecule has 3 fully saturated rings. The molecule has 0 aromatic heterocycles. The highest BCUT2D eigenvalue weighted by molar-refractivity contribution is 5.76. The van der Waals surface area contributed by atoms with Crippen LogP contribution in [0.3, 0.4) is 0 Å². The van der Waals surface area contributed by atoms with E-state index in [-0.39, 0.29) is 30.0 Å². The van der Waals surface area contributed by atoms with Crippen LogP contribution in [0.25, 0.3) is 0 Å². The van der Waals surface area contributed by atoms with E-state index >= 15 is 0 Å². The number of fused-ring (bicyclic) bond motifs is 3. The summed E-state index contributed by atoms with van der Waals surface area (Å²) in [6.07, 6.45) is 2.22. The fraction of sp³-hybridized carbons (Fsp3) is 0.867. The van der Waals surface area contributed by atoms with E-state index in [0.29, 0.717) is 5.92 Å². The maximum atomic E-state index is 12.2. The Kier molecular flexibility index (Phi) is 4.76. The molecule has 3 heterocycles. The number of carbonyl (C=O) groups is 2. The Bertz CT molecular complexity index is 397. The molecule has 6 heteroatoms. The molecule has 120 valence electrons. The van der Waals surface area contributed by atoms with E-state index in [1.807, 2.05) is 20.8 Å². The van der Waals surface area contributed by atoms with Crippen LogP contribution >= 0.6 is 0 Å². The molecule has 3 rings (SSSR count). The molecule has 2 unspecified atom stereocenters. The van der Waals surface area contributed by atoms with E-state index in [1.165, 1.54) is 0 Å². The number of carboxylic acid groups (broad SMARTS) is 1. The van der Waals surface area contributed by atoms with Crippen LogP contribution in [0.15, 0.2) is 0 Å². The third-order valence-corrected chi connectivity index (χ3v) is 4.70. The summed E-state index contributed by atoms with van der Waals surface area (Å²) in [6.45, 7) is 9.00. The second kappa shape index (κ2) is 6.22. The van der Waals surface area contributed by atoms with Crippen LogP contribution in [0.4, 0.5) is 4.79 Å². The van der Waals surface area contributed by atoms with Crippen molar-refractivity contribution in [3.8, 4) is 0 Å². The molecule has 0 saturated carbocycles. The number of piperidine rings is 3. The van der Waals surface area contributed by atoms with Crippen molar-refractivity contribution in [1.82, 2.24) is 15.5 Å². The van der Waals surface area contributed by atoms with Gasteiger partial charge in [-0.05, 0) is 37.3 Å². The van der Waals surface area contributed by atoms with E-state index in [0.717, 1.165) is 32.5 Å². The van der Waals surface area contributed by atoms with Crippen LogP contribution < -0.4 is 10.6 Å². The lowest BCUT2D eigenvalue weighted by atomic mass is 9.84. The predicted molar refractivity (Wildman–Crippen MR) is 80.1 cm³/mol. The van der Waals surface area contributed by atoms with Gasteiger partial charge in [0.2, 0.25) is 0 Å². The van der Waals surface area contributed by atoms with Crippen molar-refractivity contribution < 1.29 is 14.7 Å². The lowest BCUT2D eigenvalue weighted by molar-refractivity contribution is -0.138. The average Bonchev–Trinajstić information content (AvgIpc) is 2.37. The lowest BCUT2D eigenvalue weighted by Gasteiger charge is -2.45. The quantitative estimate of drug-likeness (QED) is 0.730. The second-order valence-corrected chi connectivity index (χ2v) is 7.38. The summed E-state index contributed by atoms with van der Waals surface area (Å²) in [5.41, 5.74) is -0.287. The van der Waals surface area contributed by atoms with Crippen molar-refractivity contribution in [3.63, 3.8) is 0 Å². The Morgan fingerprint density at radius 3 is 2.33 bits per heavy atom. The Balaban J connectivity index is 1.89. The molecule has 6 nitrogen and oxygen atoms in total. The summed E-state index contributed by atoms with van der Waals surface area (Å²) in [6, 6.07) is -0.427. The van der Waals surface area contributed by atoms with E-state index in [9.17, 15) is 9.59 Å². The van der Waals surface area contributed by atoms with Crippen LogP contribution in [0.2, 0.25) is 0 Å². The fourth-order valence-electron chi connectivity index (χ4n) is 3.25. The number of hydrogen-bond acceptors (Lipinski definition) is 3. The monoisotopic (exact) mass is 297 g/mol. The first-order valence-corrected chi connectivity index (χ1v) is 7.77. The summed E-state index contributed by atoms with van der Waals surface area (Å²) in [5, 5.41) is 14.9. The van der Waals surface area contributed by atoms with Gasteiger partial charge in [-0.3, -0.25) is 4.79 Å².